The van der Waals surface area contributed by atoms with Gasteiger partial charge in [-0.2, -0.15) is 0 Å². The van der Waals surface area contributed by atoms with Gasteiger partial charge < -0.3 is 5.32 Å². The molecule has 2 nitrogen and oxygen atoms in total. The van der Waals surface area contributed by atoms with Crippen LogP contribution in [0.2, 0.25) is 0 Å². The minimum absolute atomic E-state index is 0.381. The van der Waals surface area contributed by atoms with Gasteiger partial charge in [0.1, 0.15) is 0 Å². The van der Waals surface area contributed by atoms with Crippen LogP contribution in [0.1, 0.15) is 44.7 Å². The monoisotopic (exact) mass is 254 g/mol. The number of nitrogens with zero attached hydrogens (tertiary/aromatic N) is 1. The third-order valence-corrected chi connectivity index (χ3v) is 4.94. The van der Waals surface area contributed by atoms with Gasteiger partial charge in [-0.05, 0) is 37.6 Å². The van der Waals surface area contributed by atoms with E-state index in [-0.39, 0.29) is 0 Å². The summed E-state index contributed by atoms with van der Waals surface area (Å²) in [7, 11) is 0. The maximum absolute atomic E-state index is 4.33. The van der Waals surface area contributed by atoms with E-state index in [1.807, 2.05) is 5.51 Å². The summed E-state index contributed by atoms with van der Waals surface area (Å²) in [5.74, 6) is 0.703. The molecule has 0 saturated carbocycles. The van der Waals surface area contributed by atoms with Gasteiger partial charge in [-0.3, -0.25) is 0 Å². The van der Waals surface area contributed by atoms with Crippen molar-refractivity contribution in [2.75, 3.05) is 13.1 Å². The molecule has 1 aromatic heterocycles. The molecule has 1 unspecified atom stereocenters. The third kappa shape index (κ3) is 4.07. The molecule has 0 fully saturated rings. The quantitative estimate of drug-likeness (QED) is 0.803. The molecule has 0 aliphatic rings. The first-order valence-electron chi connectivity index (χ1n) is 6.59. The Morgan fingerprint density at radius 2 is 2.18 bits per heavy atom. The molecule has 0 amide bonds. The predicted molar refractivity (Wildman–Crippen MR) is 76.7 cm³/mol. The SMILES string of the molecule is CCNCC(C)(CCc1scnc1C)C(C)C. The number of hydrogen-bond donors (Lipinski definition) is 1. The fraction of sp³-hybridized carbons (Fsp3) is 0.786. The fourth-order valence-electron chi connectivity index (χ4n) is 1.96. The number of aromatic nitrogens is 1. The van der Waals surface area contributed by atoms with Gasteiger partial charge in [0.05, 0.1) is 11.2 Å². The maximum atomic E-state index is 4.33. The molecule has 0 aliphatic heterocycles. The van der Waals surface area contributed by atoms with Crippen LogP contribution in [0, 0.1) is 18.3 Å². The Morgan fingerprint density at radius 1 is 1.47 bits per heavy atom. The zero-order chi connectivity index (χ0) is 12.9. The minimum atomic E-state index is 0.381. The van der Waals surface area contributed by atoms with Crippen LogP contribution < -0.4 is 5.32 Å². The highest BCUT2D eigenvalue weighted by Gasteiger charge is 2.27. The molecule has 0 saturated heterocycles. The van der Waals surface area contributed by atoms with E-state index in [1.165, 1.54) is 17.0 Å². The molecular weight excluding hydrogens is 228 g/mol. The highest BCUT2D eigenvalue weighted by molar-refractivity contribution is 7.09. The minimum Gasteiger partial charge on any atom is -0.316 e. The van der Waals surface area contributed by atoms with E-state index in [2.05, 4.69) is 44.9 Å². The third-order valence-electron chi connectivity index (χ3n) is 3.94. The Balaban J connectivity index is 2.58. The van der Waals surface area contributed by atoms with Crippen molar-refractivity contribution in [2.45, 2.75) is 47.5 Å². The summed E-state index contributed by atoms with van der Waals surface area (Å²) in [6.45, 7) is 13.5. The Bertz CT molecular complexity index is 333. The lowest BCUT2D eigenvalue weighted by molar-refractivity contribution is 0.193. The molecule has 0 radical (unpaired) electrons. The molecule has 0 bridgehead atoms. The molecular formula is C14H26N2S. The summed E-state index contributed by atoms with van der Waals surface area (Å²) in [6.07, 6.45) is 2.40. The summed E-state index contributed by atoms with van der Waals surface area (Å²) in [5.41, 5.74) is 3.55. The summed E-state index contributed by atoms with van der Waals surface area (Å²) in [6, 6.07) is 0. The van der Waals surface area contributed by atoms with Crippen LogP contribution in [0.5, 0.6) is 0 Å². The van der Waals surface area contributed by atoms with Crippen molar-refractivity contribution >= 4 is 11.3 Å². The number of nitrogens with one attached hydrogen (secondary N) is 1. The van der Waals surface area contributed by atoms with Crippen molar-refractivity contribution in [3.05, 3.63) is 16.1 Å². The highest BCUT2D eigenvalue weighted by atomic mass is 32.1. The van der Waals surface area contributed by atoms with E-state index in [4.69, 9.17) is 0 Å². The smallest absolute Gasteiger partial charge is 0.0797 e. The second-order valence-corrected chi connectivity index (χ2v) is 6.39. The average Bonchev–Trinajstić information content (AvgIpc) is 2.69. The average molecular weight is 254 g/mol. The largest absolute Gasteiger partial charge is 0.316 e. The van der Waals surface area contributed by atoms with Crippen LogP contribution >= 0.6 is 11.3 Å². The van der Waals surface area contributed by atoms with E-state index in [9.17, 15) is 0 Å². The molecule has 1 atom stereocenters. The Morgan fingerprint density at radius 3 is 2.65 bits per heavy atom. The number of hydrogen-bond acceptors (Lipinski definition) is 3. The van der Waals surface area contributed by atoms with Crippen molar-refractivity contribution in [1.29, 1.82) is 0 Å². The fourth-order valence-corrected chi connectivity index (χ4v) is 2.74. The molecule has 1 rings (SSSR count). The van der Waals surface area contributed by atoms with Crippen LogP contribution in [0.25, 0.3) is 0 Å². The van der Waals surface area contributed by atoms with Gasteiger partial charge in [0.15, 0.2) is 0 Å². The summed E-state index contributed by atoms with van der Waals surface area (Å²) in [5, 5.41) is 3.50. The lowest BCUT2D eigenvalue weighted by atomic mass is 9.75. The Hall–Kier alpha value is -0.410. The highest BCUT2D eigenvalue weighted by Crippen LogP contribution is 2.32. The molecule has 3 heteroatoms. The first kappa shape index (κ1) is 14.7. The van der Waals surface area contributed by atoms with Crippen molar-refractivity contribution < 1.29 is 0 Å². The normalized spacial score (nSPS) is 15.2. The van der Waals surface area contributed by atoms with E-state index >= 15 is 0 Å². The van der Waals surface area contributed by atoms with Crippen LogP contribution in [0.3, 0.4) is 0 Å². The topological polar surface area (TPSA) is 24.9 Å². The van der Waals surface area contributed by atoms with E-state index in [0.29, 0.717) is 11.3 Å². The van der Waals surface area contributed by atoms with Crippen LogP contribution in [0.15, 0.2) is 5.51 Å². The van der Waals surface area contributed by atoms with Crippen LogP contribution in [-0.4, -0.2) is 18.1 Å². The van der Waals surface area contributed by atoms with Gasteiger partial charge in [0, 0.05) is 11.4 Å². The molecule has 1 heterocycles. The van der Waals surface area contributed by atoms with Gasteiger partial charge >= 0.3 is 0 Å². The lowest BCUT2D eigenvalue weighted by Gasteiger charge is -2.34. The van der Waals surface area contributed by atoms with Crippen molar-refractivity contribution in [3.63, 3.8) is 0 Å². The van der Waals surface area contributed by atoms with Crippen LogP contribution in [-0.2, 0) is 6.42 Å². The molecule has 0 aromatic carbocycles. The first-order chi connectivity index (χ1) is 7.99. The number of rotatable bonds is 7. The van der Waals surface area contributed by atoms with Crippen LogP contribution in [0.4, 0.5) is 0 Å². The molecule has 98 valence electrons. The molecule has 1 aromatic rings. The Kier molecular flexibility index (Phi) is 5.60. The van der Waals surface area contributed by atoms with E-state index in [0.717, 1.165) is 19.5 Å². The molecule has 0 spiro atoms. The van der Waals surface area contributed by atoms with Gasteiger partial charge in [0.25, 0.3) is 0 Å². The predicted octanol–water partition coefficient (Wildman–Crippen LogP) is 3.66. The zero-order valence-corrected chi connectivity index (χ0v) is 12.7. The molecule has 17 heavy (non-hydrogen) atoms. The van der Waals surface area contributed by atoms with Crippen molar-refractivity contribution in [2.24, 2.45) is 11.3 Å². The second-order valence-electron chi connectivity index (χ2n) is 5.45. The standard InChI is InChI=1S/C14H26N2S/c1-6-15-9-14(5,11(2)3)8-7-13-12(4)16-10-17-13/h10-11,15H,6-9H2,1-5H3. The summed E-state index contributed by atoms with van der Waals surface area (Å²) < 4.78 is 0. The second kappa shape index (κ2) is 6.50. The number of aryl methyl sites for hydroxylation is 2. The Labute approximate surface area is 110 Å². The first-order valence-corrected chi connectivity index (χ1v) is 7.47. The van der Waals surface area contributed by atoms with Gasteiger partial charge in [-0.15, -0.1) is 11.3 Å². The van der Waals surface area contributed by atoms with Crippen molar-refractivity contribution in [1.82, 2.24) is 10.3 Å². The van der Waals surface area contributed by atoms with Gasteiger partial charge in [0.2, 0.25) is 0 Å². The van der Waals surface area contributed by atoms with Gasteiger partial charge in [-0.25, -0.2) is 4.98 Å². The molecule has 0 aliphatic carbocycles. The van der Waals surface area contributed by atoms with Crippen molar-refractivity contribution in [3.8, 4) is 0 Å². The zero-order valence-electron chi connectivity index (χ0n) is 11.8. The lowest BCUT2D eigenvalue weighted by Crippen LogP contribution is -2.36. The summed E-state index contributed by atoms with van der Waals surface area (Å²) in [4.78, 5) is 5.78. The summed E-state index contributed by atoms with van der Waals surface area (Å²) >= 11 is 1.79. The van der Waals surface area contributed by atoms with E-state index in [1.54, 1.807) is 11.3 Å². The molecule has 1 N–H and O–H groups in total. The number of thiazole rings is 1. The maximum Gasteiger partial charge on any atom is 0.0797 e. The van der Waals surface area contributed by atoms with E-state index < -0.39 is 0 Å². The van der Waals surface area contributed by atoms with Gasteiger partial charge in [-0.1, -0.05) is 27.7 Å².